The molecule has 5 heteroatoms. The van der Waals surface area contributed by atoms with Gasteiger partial charge in [-0.05, 0) is 43.6 Å². The third-order valence-electron chi connectivity index (χ3n) is 4.75. The Morgan fingerprint density at radius 2 is 1.72 bits per heavy atom. The molecule has 1 fully saturated rings. The van der Waals surface area contributed by atoms with Gasteiger partial charge in [0.05, 0.1) is 5.56 Å². The summed E-state index contributed by atoms with van der Waals surface area (Å²) >= 11 is 6.21. The van der Waals surface area contributed by atoms with Crippen molar-refractivity contribution in [3.05, 3.63) is 70.2 Å². The highest BCUT2D eigenvalue weighted by Gasteiger charge is 2.26. The Kier molecular flexibility index (Phi) is 5.51. The minimum atomic E-state index is -0.966. The number of aromatic carboxylic acids is 1. The van der Waals surface area contributed by atoms with Crippen LogP contribution in [-0.2, 0) is 6.54 Å². The predicted octanol–water partition coefficient (Wildman–Crippen LogP) is 4.13. The van der Waals surface area contributed by atoms with E-state index in [0.29, 0.717) is 17.1 Å². The number of nitrogens with zero attached hydrogens (tertiary/aromatic N) is 1. The van der Waals surface area contributed by atoms with Crippen LogP contribution in [0.25, 0.3) is 0 Å². The summed E-state index contributed by atoms with van der Waals surface area (Å²) < 4.78 is 0. The van der Waals surface area contributed by atoms with Crippen molar-refractivity contribution in [1.29, 1.82) is 0 Å². The standard InChI is InChI=1S/C20H20ClNO3/c21-18-8-4-7-16(20(24)25)17(18)13-22-11-9-15(10-12-22)19(23)14-5-2-1-3-6-14/h1-8,15H,9-13H2,(H,24,25). The van der Waals surface area contributed by atoms with Crippen molar-refractivity contribution in [3.8, 4) is 0 Å². The van der Waals surface area contributed by atoms with E-state index in [1.54, 1.807) is 18.2 Å². The normalized spacial score (nSPS) is 15.9. The molecule has 0 atom stereocenters. The molecule has 0 aromatic heterocycles. The van der Waals surface area contributed by atoms with Crippen molar-refractivity contribution in [3.63, 3.8) is 0 Å². The molecule has 0 radical (unpaired) electrons. The molecule has 3 rings (SSSR count). The SMILES string of the molecule is O=C(O)c1cccc(Cl)c1CN1CCC(C(=O)c2ccccc2)CC1. The van der Waals surface area contributed by atoms with E-state index in [0.717, 1.165) is 31.5 Å². The average molecular weight is 358 g/mol. The third kappa shape index (κ3) is 4.09. The zero-order chi connectivity index (χ0) is 17.8. The van der Waals surface area contributed by atoms with E-state index in [4.69, 9.17) is 11.6 Å². The van der Waals surface area contributed by atoms with Gasteiger partial charge in [-0.25, -0.2) is 4.79 Å². The highest BCUT2D eigenvalue weighted by molar-refractivity contribution is 6.31. The number of carbonyl (C=O) groups excluding carboxylic acids is 1. The van der Waals surface area contributed by atoms with Crippen molar-refractivity contribution in [2.75, 3.05) is 13.1 Å². The van der Waals surface area contributed by atoms with Crippen LogP contribution in [0.3, 0.4) is 0 Å². The zero-order valence-corrected chi connectivity index (χ0v) is 14.6. The molecule has 1 aliphatic rings. The number of halogens is 1. The Morgan fingerprint density at radius 1 is 1.04 bits per heavy atom. The number of hydrogen-bond acceptors (Lipinski definition) is 3. The number of hydrogen-bond donors (Lipinski definition) is 1. The van der Waals surface area contributed by atoms with Crippen molar-refractivity contribution < 1.29 is 14.7 Å². The molecule has 4 nitrogen and oxygen atoms in total. The first-order valence-corrected chi connectivity index (χ1v) is 8.76. The number of benzene rings is 2. The van der Waals surface area contributed by atoms with Gasteiger partial charge < -0.3 is 5.11 Å². The van der Waals surface area contributed by atoms with Gasteiger partial charge in [-0.2, -0.15) is 0 Å². The van der Waals surface area contributed by atoms with Crippen molar-refractivity contribution in [1.82, 2.24) is 4.90 Å². The fraction of sp³-hybridized carbons (Fsp3) is 0.300. The van der Waals surface area contributed by atoms with Crippen molar-refractivity contribution in [2.45, 2.75) is 19.4 Å². The maximum Gasteiger partial charge on any atom is 0.336 e. The van der Waals surface area contributed by atoms with E-state index < -0.39 is 5.97 Å². The van der Waals surface area contributed by atoms with Gasteiger partial charge in [0.2, 0.25) is 0 Å². The first-order chi connectivity index (χ1) is 12.1. The van der Waals surface area contributed by atoms with Crippen molar-refractivity contribution >= 4 is 23.4 Å². The molecule has 25 heavy (non-hydrogen) atoms. The van der Waals surface area contributed by atoms with Crippen LogP contribution in [0.1, 0.15) is 39.1 Å². The van der Waals surface area contributed by atoms with Crippen molar-refractivity contribution in [2.24, 2.45) is 5.92 Å². The lowest BCUT2D eigenvalue weighted by Crippen LogP contribution is -2.36. The number of ketones is 1. The van der Waals surface area contributed by atoms with Crippen LogP contribution in [0.2, 0.25) is 5.02 Å². The van der Waals surface area contributed by atoms with Gasteiger partial charge in [0, 0.05) is 23.0 Å². The second kappa shape index (κ2) is 7.81. The minimum Gasteiger partial charge on any atom is -0.478 e. The smallest absolute Gasteiger partial charge is 0.336 e. The molecular weight excluding hydrogens is 338 g/mol. The summed E-state index contributed by atoms with van der Waals surface area (Å²) in [6, 6.07) is 14.3. The largest absolute Gasteiger partial charge is 0.478 e. The summed E-state index contributed by atoms with van der Waals surface area (Å²) in [7, 11) is 0. The summed E-state index contributed by atoms with van der Waals surface area (Å²) in [6.45, 7) is 2.01. The van der Waals surface area contributed by atoms with Gasteiger partial charge >= 0.3 is 5.97 Å². The van der Waals surface area contributed by atoms with Crippen LogP contribution < -0.4 is 0 Å². The second-order valence-electron chi connectivity index (χ2n) is 6.35. The first kappa shape index (κ1) is 17.6. The zero-order valence-electron chi connectivity index (χ0n) is 13.8. The average Bonchev–Trinajstić information content (AvgIpc) is 2.64. The minimum absolute atomic E-state index is 0.0313. The van der Waals surface area contributed by atoms with E-state index in [-0.39, 0.29) is 17.3 Å². The molecular formula is C20H20ClNO3. The highest BCUT2D eigenvalue weighted by atomic mass is 35.5. The van der Waals surface area contributed by atoms with E-state index in [1.165, 1.54) is 0 Å². The number of likely N-dealkylation sites (tertiary alicyclic amines) is 1. The van der Waals surface area contributed by atoms with E-state index in [1.807, 2.05) is 30.3 Å². The molecule has 1 aliphatic heterocycles. The van der Waals surface area contributed by atoms with E-state index in [2.05, 4.69) is 4.90 Å². The quantitative estimate of drug-likeness (QED) is 0.817. The molecule has 130 valence electrons. The van der Waals surface area contributed by atoms with Gasteiger partial charge in [0.25, 0.3) is 0 Å². The Bertz CT molecular complexity index is 768. The summed E-state index contributed by atoms with van der Waals surface area (Å²) in [6.07, 6.45) is 1.56. The maximum absolute atomic E-state index is 12.5. The number of carbonyl (C=O) groups is 2. The molecule has 0 bridgehead atoms. The van der Waals surface area contributed by atoms with E-state index >= 15 is 0 Å². The lowest BCUT2D eigenvalue weighted by Gasteiger charge is -2.31. The molecule has 0 saturated carbocycles. The Labute approximate surface area is 152 Å². The highest BCUT2D eigenvalue weighted by Crippen LogP contribution is 2.26. The number of carboxylic acids is 1. The molecule has 0 amide bonds. The molecule has 1 N–H and O–H groups in total. The van der Waals surface area contributed by atoms with Gasteiger partial charge in [-0.1, -0.05) is 48.0 Å². The van der Waals surface area contributed by atoms with Crippen LogP contribution in [0, 0.1) is 5.92 Å². The number of piperidine rings is 1. The Balaban J connectivity index is 1.64. The van der Waals surface area contributed by atoms with Crippen LogP contribution in [0.4, 0.5) is 0 Å². The predicted molar refractivity (Wildman–Crippen MR) is 97.2 cm³/mol. The lowest BCUT2D eigenvalue weighted by molar-refractivity contribution is 0.0694. The number of carboxylic acid groups (broad SMARTS) is 1. The molecule has 2 aromatic rings. The number of rotatable bonds is 5. The maximum atomic E-state index is 12.5. The summed E-state index contributed by atoms with van der Waals surface area (Å²) in [5.74, 6) is -0.736. The molecule has 1 saturated heterocycles. The monoisotopic (exact) mass is 357 g/mol. The molecule has 0 spiro atoms. The lowest BCUT2D eigenvalue weighted by atomic mass is 9.88. The summed E-state index contributed by atoms with van der Waals surface area (Å²) in [5, 5.41) is 9.81. The Morgan fingerprint density at radius 3 is 2.36 bits per heavy atom. The van der Waals surface area contributed by atoms with Gasteiger partial charge in [0.1, 0.15) is 0 Å². The molecule has 0 aliphatic carbocycles. The second-order valence-corrected chi connectivity index (χ2v) is 6.76. The first-order valence-electron chi connectivity index (χ1n) is 8.38. The Hall–Kier alpha value is -2.17. The van der Waals surface area contributed by atoms with Crippen LogP contribution in [0.15, 0.2) is 48.5 Å². The molecule has 0 unspecified atom stereocenters. The van der Waals surface area contributed by atoms with Crippen LogP contribution >= 0.6 is 11.6 Å². The topological polar surface area (TPSA) is 57.6 Å². The van der Waals surface area contributed by atoms with Gasteiger partial charge in [0.15, 0.2) is 5.78 Å². The van der Waals surface area contributed by atoms with Crippen LogP contribution in [0.5, 0.6) is 0 Å². The summed E-state index contributed by atoms with van der Waals surface area (Å²) in [5.41, 5.74) is 1.65. The molecule has 2 aromatic carbocycles. The fourth-order valence-electron chi connectivity index (χ4n) is 3.33. The third-order valence-corrected chi connectivity index (χ3v) is 5.10. The van der Waals surface area contributed by atoms with Crippen LogP contribution in [-0.4, -0.2) is 34.8 Å². The molecule has 1 heterocycles. The van der Waals surface area contributed by atoms with Gasteiger partial charge in [-0.3, -0.25) is 9.69 Å². The number of Topliss-reactive ketones (excluding diaryl/α,β-unsaturated/α-hetero) is 1. The van der Waals surface area contributed by atoms with Gasteiger partial charge in [-0.15, -0.1) is 0 Å². The summed E-state index contributed by atoms with van der Waals surface area (Å²) in [4.78, 5) is 26.1. The fourth-order valence-corrected chi connectivity index (χ4v) is 3.57. The van der Waals surface area contributed by atoms with E-state index in [9.17, 15) is 14.7 Å².